The molecule has 0 aliphatic rings. The number of benzene rings is 1. The molecule has 0 radical (unpaired) electrons. The molecule has 0 unspecified atom stereocenters. The van der Waals surface area contributed by atoms with Crippen molar-refractivity contribution in [1.82, 2.24) is 10.3 Å². The van der Waals surface area contributed by atoms with Gasteiger partial charge in [0.15, 0.2) is 0 Å². The van der Waals surface area contributed by atoms with Crippen molar-refractivity contribution in [2.75, 3.05) is 13.7 Å². The third kappa shape index (κ3) is 3.74. The van der Waals surface area contributed by atoms with Gasteiger partial charge in [-0.15, -0.1) is 11.3 Å². The van der Waals surface area contributed by atoms with Crippen LogP contribution in [-0.4, -0.2) is 24.5 Å². The molecular formula is C19H20N2O2S. The van der Waals surface area contributed by atoms with E-state index in [-0.39, 0.29) is 5.91 Å². The lowest BCUT2D eigenvalue weighted by atomic mass is 10.0. The van der Waals surface area contributed by atoms with Crippen LogP contribution in [0.3, 0.4) is 0 Å². The minimum Gasteiger partial charge on any atom is -0.497 e. The molecule has 24 heavy (non-hydrogen) atoms. The van der Waals surface area contributed by atoms with E-state index in [9.17, 15) is 4.79 Å². The van der Waals surface area contributed by atoms with E-state index in [4.69, 9.17) is 4.74 Å². The molecule has 3 rings (SSSR count). The highest BCUT2D eigenvalue weighted by atomic mass is 32.1. The Morgan fingerprint density at radius 2 is 2.21 bits per heavy atom. The standard InChI is InChI=1S/C19H20N2O2S/c1-13(22)21-9-7-16-17-11-15(23-2)5-6-18(17)24-19(16)10-14-4-3-8-20-12-14/h3-6,8,11-12H,7,9-10H2,1-2H3,(H,21,22). The second kappa shape index (κ2) is 7.45. The molecule has 0 fully saturated rings. The van der Waals surface area contributed by atoms with Gasteiger partial charge in [0.1, 0.15) is 5.75 Å². The van der Waals surface area contributed by atoms with Crippen LogP contribution in [0, 0.1) is 0 Å². The number of fused-ring (bicyclic) bond motifs is 1. The molecule has 0 aliphatic heterocycles. The topological polar surface area (TPSA) is 51.2 Å². The zero-order valence-electron chi connectivity index (χ0n) is 13.8. The maximum absolute atomic E-state index is 11.2. The van der Waals surface area contributed by atoms with Crippen LogP contribution in [0.5, 0.6) is 5.75 Å². The molecule has 1 amide bonds. The SMILES string of the molecule is COc1ccc2sc(Cc3cccnc3)c(CCNC(C)=O)c2c1. The summed E-state index contributed by atoms with van der Waals surface area (Å²) in [5, 5.41) is 4.10. The Kier molecular flexibility index (Phi) is 5.11. The Balaban J connectivity index is 1.97. The number of ether oxygens (including phenoxy) is 1. The number of nitrogens with one attached hydrogen (secondary N) is 1. The third-order valence-electron chi connectivity index (χ3n) is 3.92. The molecule has 1 N–H and O–H groups in total. The molecule has 124 valence electrons. The van der Waals surface area contributed by atoms with Gasteiger partial charge < -0.3 is 10.1 Å². The van der Waals surface area contributed by atoms with Crippen molar-refractivity contribution in [3.8, 4) is 5.75 Å². The van der Waals surface area contributed by atoms with Crippen LogP contribution in [0.25, 0.3) is 10.1 Å². The lowest BCUT2D eigenvalue weighted by Crippen LogP contribution is -2.22. The van der Waals surface area contributed by atoms with Crippen molar-refractivity contribution in [3.05, 3.63) is 58.7 Å². The number of hydrogen-bond donors (Lipinski definition) is 1. The van der Waals surface area contributed by atoms with Gasteiger partial charge in [0, 0.05) is 41.9 Å². The fourth-order valence-corrected chi connectivity index (χ4v) is 4.04. The summed E-state index contributed by atoms with van der Waals surface area (Å²) in [4.78, 5) is 16.7. The first-order valence-corrected chi connectivity index (χ1v) is 8.70. The van der Waals surface area contributed by atoms with E-state index in [0.717, 1.165) is 18.6 Å². The predicted molar refractivity (Wildman–Crippen MR) is 97.8 cm³/mol. The number of carbonyl (C=O) groups excluding carboxylic acids is 1. The molecule has 3 aromatic rings. The molecule has 0 atom stereocenters. The summed E-state index contributed by atoms with van der Waals surface area (Å²) in [6.45, 7) is 2.18. The first-order valence-electron chi connectivity index (χ1n) is 7.89. The van der Waals surface area contributed by atoms with Crippen LogP contribution in [0.4, 0.5) is 0 Å². The van der Waals surface area contributed by atoms with E-state index >= 15 is 0 Å². The van der Waals surface area contributed by atoms with Gasteiger partial charge in [-0.1, -0.05) is 6.07 Å². The van der Waals surface area contributed by atoms with Gasteiger partial charge in [0.2, 0.25) is 5.91 Å². The number of hydrogen-bond acceptors (Lipinski definition) is 4. The highest BCUT2D eigenvalue weighted by Gasteiger charge is 2.13. The Bertz CT molecular complexity index is 843. The first kappa shape index (κ1) is 16.5. The van der Waals surface area contributed by atoms with E-state index in [1.807, 2.05) is 18.3 Å². The zero-order chi connectivity index (χ0) is 16.9. The zero-order valence-corrected chi connectivity index (χ0v) is 14.7. The normalized spacial score (nSPS) is 10.8. The minimum atomic E-state index is 0.000857. The molecule has 4 nitrogen and oxygen atoms in total. The highest BCUT2D eigenvalue weighted by molar-refractivity contribution is 7.19. The monoisotopic (exact) mass is 340 g/mol. The number of pyridine rings is 1. The van der Waals surface area contributed by atoms with E-state index < -0.39 is 0 Å². The molecule has 0 saturated heterocycles. The second-order valence-corrected chi connectivity index (χ2v) is 6.77. The van der Waals surface area contributed by atoms with E-state index in [1.54, 1.807) is 31.6 Å². The van der Waals surface area contributed by atoms with Crippen LogP contribution in [0.15, 0.2) is 42.7 Å². The average molecular weight is 340 g/mol. The Morgan fingerprint density at radius 3 is 2.92 bits per heavy atom. The van der Waals surface area contributed by atoms with Gasteiger partial charge in [-0.25, -0.2) is 0 Å². The number of thiophene rings is 1. The van der Waals surface area contributed by atoms with Crippen molar-refractivity contribution in [2.45, 2.75) is 19.8 Å². The van der Waals surface area contributed by atoms with Crippen molar-refractivity contribution < 1.29 is 9.53 Å². The van der Waals surface area contributed by atoms with Crippen LogP contribution in [0.1, 0.15) is 22.9 Å². The van der Waals surface area contributed by atoms with Crippen LogP contribution in [-0.2, 0) is 17.6 Å². The van der Waals surface area contributed by atoms with Gasteiger partial charge in [0.25, 0.3) is 0 Å². The van der Waals surface area contributed by atoms with Crippen molar-refractivity contribution in [2.24, 2.45) is 0 Å². The molecule has 0 bridgehead atoms. The summed E-state index contributed by atoms with van der Waals surface area (Å²) >= 11 is 1.80. The second-order valence-electron chi connectivity index (χ2n) is 5.64. The van der Waals surface area contributed by atoms with Gasteiger partial charge in [-0.3, -0.25) is 9.78 Å². The predicted octanol–water partition coefficient (Wildman–Crippen LogP) is 3.57. The average Bonchev–Trinajstić information content (AvgIpc) is 2.92. The third-order valence-corrected chi connectivity index (χ3v) is 5.13. The number of methoxy groups -OCH3 is 1. The van der Waals surface area contributed by atoms with Gasteiger partial charge in [0.05, 0.1) is 7.11 Å². The van der Waals surface area contributed by atoms with Gasteiger partial charge in [-0.05, 0) is 47.2 Å². The number of aromatic nitrogens is 1. The number of carbonyl (C=O) groups is 1. The quantitative estimate of drug-likeness (QED) is 0.746. The molecule has 1 aromatic carbocycles. The minimum absolute atomic E-state index is 0.000857. The Morgan fingerprint density at radius 1 is 1.33 bits per heavy atom. The van der Waals surface area contributed by atoms with Crippen molar-refractivity contribution >= 4 is 27.3 Å². The first-order chi connectivity index (χ1) is 11.7. The van der Waals surface area contributed by atoms with Crippen LogP contribution in [0.2, 0.25) is 0 Å². The summed E-state index contributed by atoms with van der Waals surface area (Å²) in [6, 6.07) is 10.2. The molecule has 0 aliphatic carbocycles. The summed E-state index contributed by atoms with van der Waals surface area (Å²) in [7, 11) is 1.68. The molecule has 5 heteroatoms. The summed E-state index contributed by atoms with van der Waals surface area (Å²) in [5.41, 5.74) is 2.48. The number of rotatable bonds is 6. The number of amides is 1. The summed E-state index contributed by atoms with van der Waals surface area (Å²) < 4.78 is 6.62. The lowest BCUT2D eigenvalue weighted by Gasteiger charge is -2.07. The molecule has 2 aromatic heterocycles. The lowest BCUT2D eigenvalue weighted by molar-refractivity contribution is -0.118. The summed E-state index contributed by atoms with van der Waals surface area (Å²) in [5.74, 6) is 0.856. The van der Waals surface area contributed by atoms with E-state index in [2.05, 4.69) is 28.5 Å². The van der Waals surface area contributed by atoms with Gasteiger partial charge >= 0.3 is 0 Å². The van der Waals surface area contributed by atoms with E-state index in [1.165, 1.54) is 26.1 Å². The molecule has 2 heterocycles. The Labute approximate surface area is 145 Å². The summed E-state index contributed by atoms with van der Waals surface area (Å²) in [6.07, 6.45) is 5.35. The van der Waals surface area contributed by atoms with E-state index in [0.29, 0.717) is 6.54 Å². The van der Waals surface area contributed by atoms with Crippen molar-refractivity contribution in [1.29, 1.82) is 0 Å². The van der Waals surface area contributed by atoms with Crippen LogP contribution < -0.4 is 10.1 Å². The van der Waals surface area contributed by atoms with Gasteiger partial charge in [-0.2, -0.15) is 0 Å². The smallest absolute Gasteiger partial charge is 0.216 e. The fourth-order valence-electron chi connectivity index (χ4n) is 2.77. The van der Waals surface area contributed by atoms with Crippen LogP contribution >= 0.6 is 11.3 Å². The molecular weight excluding hydrogens is 320 g/mol. The van der Waals surface area contributed by atoms with Crippen molar-refractivity contribution in [3.63, 3.8) is 0 Å². The maximum Gasteiger partial charge on any atom is 0.216 e. The molecule has 0 saturated carbocycles. The number of nitrogens with zero attached hydrogens (tertiary/aromatic N) is 1. The Hall–Kier alpha value is -2.40. The maximum atomic E-state index is 11.2. The molecule has 0 spiro atoms. The largest absolute Gasteiger partial charge is 0.497 e. The fraction of sp³-hybridized carbons (Fsp3) is 0.263. The highest BCUT2D eigenvalue weighted by Crippen LogP contribution is 2.35.